The Balaban J connectivity index is 1.54. The molecule has 0 spiro atoms. The van der Waals surface area contributed by atoms with Crippen LogP contribution in [0.15, 0.2) is 50.7 Å². The molecule has 5 nitrogen and oxygen atoms in total. The van der Waals surface area contributed by atoms with Crippen molar-refractivity contribution in [1.82, 2.24) is 4.90 Å². The monoisotopic (exact) mass is 387 g/mol. The smallest absolute Gasteiger partial charge is 0.266 e. The van der Waals surface area contributed by atoms with Crippen molar-refractivity contribution >= 4 is 52.1 Å². The van der Waals surface area contributed by atoms with Crippen LogP contribution in [0.25, 0.3) is 6.08 Å². The Kier molecular flexibility index (Phi) is 4.78. The molecule has 0 bridgehead atoms. The maximum absolute atomic E-state index is 12.5. The molecule has 1 aromatic carbocycles. The maximum atomic E-state index is 12.5. The number of aliphatic imine (C=N–C) groups is 1. The summed E-state index contributed by atoms with van der Waals surface area (Å²) < 4.78 is 5.89. The number of hydrogen-bond donors (Lipinski definition) is 0. The van der Waals surface area contributed by atoms with Gasteiger partial charge in [0.1, 0.15) is 5.76 Å². The normalized spacial score (nSPS) is 20.8. The molecule has 134 valence electrons. The third-order valence-electron chi connectivity index (χ3n) is 4.36. The van der Waals surface area contributed by atoms with Gasteiger partial charge < -0.3 is 9.32 Å². The molecule has 1 aromatic heterocycles. The molecular weight excluding hydrogens is 370 g/mol. The summed E-state index contributed by atoms with van der Waals surface area (Å²) in [5, 5.41) is 1.29. The molecule has 26 heavy (non-hydrogen) atoms. The minimum absolute atomic E-state index is 0.0816. The van der Waals surface area contributed by atoms with Gasteiger partial charge in [-0.05, 0) is 54.9 Å². The molecule has 0 saturated carbocycles. The van der Waals surface area contributed by atoms with Crippen molar-refractivity contribution < 1.29 is 9.21 Å². The van der Waals surface area contributed by atoms with Gasteiger partial charge in [-0.2, -0.15) is 0 Å². The fourth-order valence-electron chi connectivity index (χ4n) is 2.93. The molecule has 0 N–H and O–H groups in total. The number of benzene rings is 1. The van der Waals surface area contributed by atoms with Gasteiger partial charge in [-0.25, -0.2) is 4.99 Å². The van der Waals surface area contributed by atoms with Gasteiger partial charge in [0.2, 0.25) is 0 Å². The minimum atomic E-state index is -0.0816. The Morgan fingerprint density at radius 1 is 1.15 bits per heavy atom. The number of carbonyl (C=O) groups is 1. The highest BCUT2D eigenvalue weighted by Gasteiger charge is 2.30. The second-order valence-corrected chi connectivity index (χ2v) is 7.66. The third-order valence-corrected chi connectivity index (χ3v) is 5.67. The lowest BCUT2D eigenvalue weighted by Crippen LogP contribution is -2.23. The number of rotatable bonds is 3. The number of anilines is 1. The molecule has 2 saturated heterocycles. The van der Waals surface area contributed by atoms with E-state index in [2.05, 4.69) is 9.89 Å². The molecule has 7 heteroatoms. The maximum Gasteiger partial charge on any atom is 0.266 e. The van der Waals surface area contributed by atoms with Gasteiger partial charge in [0.15, 0.2) is 11.1 Å². The summed E-state index contributed by atoms with van der Waals surface area (Å²) in [5.41, 5.74) is 0.757. The first kappa shape index (κ1) is 17.2. The number of halogens is 1. The molecule has 2 aliphatic heterocycles. The number of hydrogen-bond acceptors (Lipinski definition) is 5. The molecule has 0 aliphatic carbocycles. The Bertz CT molecular complexity index is 882. The average Bonchev–Trinajstić information content (AvgIpc) is 3.36. The second-order valence-electron chi connectivity index (χ2n) is 6.22. The highest BCUT2D eigenvalue weighted by molar-refractivity contribution is 8.18. The van der Waals surface area contributed by atoms with Gasteiger partial charge in [-0.15, -0.1) is 0 Å². The van der Waals surface area contributed by atoms with Gasteiger partial charge in [0.25, 0.3) is 5.91 Å². The summed E-state index contributed by atoms with van der Waals surface area (Å²) in [6.45, 7) is 2.05. The van der Waals surface area contributed by atoms with Crippen molar-refractivity contribution in [1.29, 1.82) is 0 Å². The van der Waals surface area contributed by atoms with Crippen LogP contribution in [-0.4, -0.2) is 36.1 Å². The van der Waals surface area contributed by atoms with Crippen LogP contribution >= 0.6 is 23.4 Å². The fraction of sp³-hybridized carbons (Fsp3) is 0.263. The predicted molar refractivity (Wildman–Crippen MR) is 107 cm³/mol. The van der Waals surface area contributed by atoms with Crippen LogP contribution in [0.3, 0.4) is 0 Å². The molecule has 0 radical (unpaired) electrons. The highest BCUT2D eigenvalue weighted by atomic mass is 35.5. The standard InChI is InChI=1S/C19H18ClN3O2S/c1-22-18(24)16(26-19(22)21-14-6-4-13(20)5-7-14)12-15-8-9-17(25-15)23-10-2-3-11-23/h4-9,12H,2-3,10-11H2,1H3/b16-12+,21-19?. The number of amides is 1. The van der Waals surface area contributed by atoms with Gasteiger partial charge in [-0.3, -0.25) is 9.69 Å². The first-order chi connectivity index (χ1) is 12.6. The molecule has 2 aromatic rings. The van der Waals surface area contributed by atoms with Crippen LogP contribution in [0.2, 0.25) is 5.02 Å². The number of amidine groups is 1. The summed E-state index contributed by atoms with van der Waals surface area (Å²) in [6.07, 6.45) is 4.18. The minimum Gasteiger partial charge on any atom is -0.441 e. The number of likely N-dealkylation sites (N-methyl/N-ethyl adjacent to an activating group) is 1. The molecular formula is C19H18ClN3O2S. The van der Waals surface area contributed by atoms with Crippen LogP contribution < -0.4 is 4.90 Å². The fourth-order valence-corrected chi connectivity index (χ4v) is 4.03. The first-order valence-corrected chi connectivity index (χ1v) is 9.66. The number of furan rings is 1. The molecule has 1 amide bonds. The van der Waals surface area contributed by atoms with Crippen LogP contribution in [0.4, 0.5) is 11.6 Å². The lowest BCUT2D eigenvalue weighted by Gasteiger charge is -2.12. The Hall–Kier alpha value is -2.18. The van der Waals surface area contributed by atoms with Crippen molar-refractivity contribution in [2.75, 3.05) is 25.0 Å². The molecule has 4 rings (SSSR count). The SMILES string of the molecule is CN1C(=O)/C(=C\c2ccc(N3CCCC3)o2)SC1=Nc1ccc(Cl)cc1. The van der Waals surface area contributed by atoms with Crippen LogP contribution in [0, 0.1) is 0 Å². The summed E-state index contributed by atoms with van der Waals surface area (Å²) >= 11 is 7.24. The van der Waals surface area contributed by atoms with E-state index in [0.29, 0.717) is 20.9 Å². The van der Waals surface area contributed by atoms with Crippen molar-refractivity contribution in [2.45, 2.75) is 12.8 Å². The van der Waals surface area contributed by atoms with E-state index < -0.39 is 0 Å². The van der Waals surface area contributed by atoms with Crippen molar-refractivity contribution in [3.8, 4) is 0 Å². The topological polar surface area (TPSA) is 49.1 Å². The van der Waals surface area contributed by atoms with E-state index in [0.717, 1.165) is 24.7 Å². The van der Waals surface area contributed by atoms with E-state index in [1.807, 2.05) is 24.3 Å². The zero-order valence-electron chi connectivity index (χ0n) is 14.3. The Morgan fingerprint density at radius 3 is 2.62 bits per heavy atom. The molecule has 2 aliphatic rings. The average molecular weight is 388 g/mol. The molecule has 0 unspecified atom stereocenters. The predicted octanol–water partition coefficient (Wildman–Crippen LogP) is 4.77. The van der Waals surface area contributed by atoms with E-state index in [4.69, 9.17) is 16.0 Å². The largest absolute Gasteiger partial charge is 0.441 e. The van der Waals surface area contributed by atoms with E-state index in [-0.39, 0.29) is 5.91 Å². The summed E-state index contributed by atoms with van der Waals surface area (Å²) in [4.78, 5) is 21.4. The number of thioether (sulfide) groups is 1. The lowest BCUT2D eigenvalue weighted by atomic mass is 10.3. The summed E-state index contributed by atoms with van der Waals surface area (Å²) in [6, 6.07) is 11.1. The zero-order chi connectivity index (χ0) is 18.1. The van der Waals surface area contributed by atoms with E-state index in [1.165, 1.54) is 24.6 Å². The summed E-state index contributed by atoms with van der Waals surface area (Å²) in [7, 11) is 1.72. The van der Waals surface area contributed by atoms with Gasteiger partial charge in [0.05, 0.1) is 10.6 Å². The quantitative estimate of drug-likeness (QED) is 0.712. The van der Waals surface area contributed by atoms with Gasteiger partial charge in [-0.1, -0.05) is 11.6 Å². The summed E-state index contributed by atoms with van der Waals surface area (Å²) in [5.74, 6) is 1.47. The van der Waals surface area contributed by atoms with Crippen LogP contribution in [0.1, 0.15) is 18.6 Å². The highest BCUT2D eigenvalue weighted by Crippen LogP contribution is 2.34. The van der Waals surface area contributed by atoms with E-state index in [1.54, 1.807) is 30.2 Å². The van der Waals surface area contributed by atoms with Crippen molar-refractivity contribution in [2.24, 2.45) is 4.99 Å². The molecule has 3 heterocycles. The zero-order valence-corrected chi connectivity index (χ0v) is 15.9. The molecule has 0 atom stereocenters. The Morgan fingerprint density at radius 2 is 1.88 bits per heavy atom. The van der Waals surface area contributed by atoms with Crippen LogP contribution in [0.5, 0.6) is 0 Å². The van der Waals surface area contributed by atoms with E-state index in [9.17, 15) is 4.79 Å². The molecule has 2 fully saturated rings. The van der Waals surface area contributed by atoms with E-state index >= 15 is 0 Å². The number of carbonyl (C=O) groups excluding carboxylic acids is 1. The van der Waals surface area contributed by atoms with Gasteiger partial charge >= 0.3 is 0 Å². The lowest BCUT2D eigenvalue weighted by molar-refractivity contribution is -0.121. The Labute approximate surface area is 161 Å². The van der Waals surface area contributed by atoms with Crippen molar-refractivity contribution in [3.63, 3.8) is 0 Å². The third kappa shape index (κ3) is 3.52. The second kappa shape index (κ2) is 7.21. The first-order valence-electron chi connectivity index (χ1n) is 8.47. The van der Waals surface area contributed by atoms with Gasteiger partial charge in [0, 0.05) is 37.3 Å². The number of nitrogens with zero attached hydrogens (tertiary/aromatic N) is 3. The van der Waals surface area contributed by atoms with Crippen molar-refractivity contribution in [3.05, 3.63) is 52.1 Å². The van der Waals surface area contributed by atoms with Crippen LogP contribution in [-0.2, 0) is 4.79 Å².